The van der Waals surface area contributed by atoms with E-state index in [1.807, 2.05) is 13.8 Å². The molecular formula is C26H26N2O6. The number of likely N-dealkylation sites (N-methyl/N-ethyl adjacent to an activating group) is 1. The van der Waals surface area contributed by atoms with E-state index in [9.17, 15) is 19.5 Å². The van der Waals surface area contributed by atoms with E-state index < -0.39 is 23.1 Å². The molecule has 34 heavy (non-hydrogen) atoms. The molecule has 2 amide bonds. The molecule has 3 aliphatic rings. The van der Waals surface area contributed by atoms with Gasteiger partial charge in [0.25, 0.3) is 17.6 Å². The highest BCUT2D eigenvalue weighted by Gasteiger charge is 2.66. The van der Waals surface area contributed by atoms with Crippen LogP contribution in [0.25, 0.3) is 5.76 Å². The number of methoxy groups -OCH3 is 1. The van der Waals surface area contributed by atoms with E-state index in [0.717, 1.165) is 11.3 Å². The van der Waals surface area contributed by atoms with Crippen LogP contribution in [0.4, 0.5) is 5.69 Å². The van der Waals surface area contributed by atoms with Gasteiger partial charge in [-0.25, -0.2) is 0 Å². The van der Waals surface area contributed by atoms with Gasteiger partial charge >= 0.3 is 0 Å². The van der Waals surface area contributed by atoms with Gasteiger partial charge in [-0.2, -0.15) is 0 Å². The second kappa shape index (κ2) is 7.99. The van der Waals surface area contributed by atoms with Gasteiger partial charge in [0, 0.05) is 37.7 Å². The maximum atomic E-state index is 14.0. The second-order valence-electron chi connectivity index (χ2n) is 8.73. The zero-order valence-electron chi connectivity index (χ0n) is 19.3. The molecule has 2 unspecified atom stereocenters. The highest BCUT2D eigenvalue weighted by atomic mass is 16.5. The predicted molar refractivity (Wildman–Crippen MR) is 125 cm³/mol. The number of hydrogen-bond donors (Lipinski definition) is 1. The summed E-state index contributed by atoms with van der Waals surface area (Å²) in [5.41, 5.74) is 0.395. The molecule has 0 radical (unpaired) electrons. The molecule has 3 aliphatic heterocycles. The van der Waals surface area contributed by atoms with Crippen LogP contribution in [0.2, 0.25) is 0 Å². The SMILES string of the molecule is CCN1C(=O)C2(C(=C(O)c3ccc4c(c3)CC(C)O4)C(=O)C(=O)N2CCOC)c2ccccc21. The van der Waals surface area contributed by atoms with Gasteiger partial charge in [0.1, 0.15) is 17.6 Å². The number of ether oxygens (including phenoxy) is 2. The van der Waals surface area contributed by atoms with Gasteiger partial charge in [-0.1, -0.05) is 18.2 Å². The highest BCUT2D eigenvalue weighted by molar-refractivity contribution is 6.50. The van der Waals surface area contributed by atoms with Crippen molar-refractivity contribution in [3.05, 3.63) is 64.7 Å². The van der Waals surface area contributed by atoms with Crippen molar-refractivity contribution in [2.45, 2.75) is 31.9 Å². The first-order valence-electron chi connectivity index (χ1n) is 11.4. The Morgan fingerprint density at radius 2 is 1.97 bits per heavy atom. The van der Waals surface area contributed by atoms with E-state index in [2.05, 4.69) is 0 Å². The molecule has 1 N–H and O–H groups in total. The fourth-order valence-corrected chi connectivity index (χ4v) is 5.38. The molecular weight excluding hydrogens is 436 g/mol. The third-order valence-electron chi connectivity index (χ3n) is 6.81. The molecule has 0 bridgehead atoms. The number of benzene rings is 2. The predicted octanol–water partition coefficient (Wildman–Crippen LogP) is 2.60. The summed E-state index contributed by atoms with van der Waals surface area (Å²) in [5.74, 6) is -1.82. The summed E-state index contributed by atoms with van der Waals surface area (Å²) in [6.45, 7) is 4.28. The second-order valence-corrected chi connectivity index (χ2v) is 8.73. The Labute approximate surface area is 197 Å². The largest absolute Gasteiger partial charge is 0.507 e. The van der Waals surface area contributed by atoms with E-state index in [4.69, 9.17) is 9.47 Å². The number of nitrogens with zero attached hydrogens (tertiary/aromatic N) is 2. The average Bonchev–Trinajstić information content (AvgIpc) is 3.40. The molecule has 1 saturated heterocycles. The van der Waals surface area contributed by atoms with Crippen LogP contribution in [0, 0.1) is 0 Å². The Hall–Kier alpha value is -3.65. The zero-order chi connectivity index (χ0) is 24.2. The van der Waals surface area contributed by atoms with Crippen molar-refractivity contribution in [3.63, 3.8) is 0 Å². The lowest BCUT2D eigenvalue weighted by Gasteiger charge is -2.34. The van der Waals surface area contributed by atoms with Crippen molar-refractivity contribution in [1.29, 1.82) is 0 Å². The van der Waals surface area contributed by atoms with E-state index in [1.165, 1.54) is 12.0 Å². The van der Waals surface area contributed by atoms with Crippen LogP contribution in [0.15, 0.2) is 48.0 Å². The van der Waals surface area contributed by atoms with Gasteiger partial charge in [0.15, 0.2) is 5.54 Å². The van der Waals surface area contributed by atoms with E-state index in [0.29, 0.717) is 29.8 Å². The maximum absolute atomic E-state index is 14.0. The summed E-state index contributed by atoms with van der Waals surface area (Å²) in [5, 5.41) is 11.5. The molecule has 3 heterocycles. The number of aliphatic hydroxyl groups is 1. The van der Waals surface area contributed by atoms with Crippen molar-refractivity contribution < 1.29 is 29.0 Å². The molecule has 2 aromatic carbocycles. The van der Waals surface area contributed by atoms with E-state index in [-0.39, 0.29) is 30.6 Å². The molecule has 176 valence electrons. The summed E-state index contributed by atoms with van der Waals surface area (Å²) in [4.78, 5) is 43.6. The molecule has 0 aromatic heterocycles. The number of amides is 2. The summed E-state index contributed by atoms with van der Waals surface area (Å²) in [6, 6.07) is 12.2. The first-order valence-corrected chi connectivity index (χ1v) is 11.4. The molecule has 0 saturated carbocycles. The summed E-state index contributed by atoms with van der Waals surface area (Å²) < 4.78 is 10.9. The number of rotatable bonds is 5. The number of ketones is 1. The minimum absolute atomic E-state index is 0.00649. The number of likely N-dealkylation sites (tertiary alicyclic amines) is 1. The fourth-order valence-electron chi connectivity index (χ4n) is 5.38. The van der Waals surface area contributed by atoms with Crippen LogP contribution in [-0.2, 0) is 31.1 Å². The lowest BCUT2D eigenvalue weighted by atomic mass is 9.81. The van der Waals surface area contributed by atoms with Gasteiger partial charge < -0.3 is 24.4 Å². The van der Waals surface area contributed by atoms with Gasteiger partial charge in [-0.3, -0.25) is 14.4 Å². The number of anilines is 1. The number of para-hydroxylation sites is 1. The quantitative estimate of drug-likeness (QED) is 0.417. The lowest BCUT2D eigenvalue weighted by Crippen LogP contribution is -2.52. The Kier molecular flexibility index (Phi) is 5.20. The molecule has 2 atom stereocenters. The number of Topliss-reactive ketones (excluding diaryl/α,β-unsaturated/α-hetero) is 1. The monoisotopic (exact) mass is 462 g/mol. The summed E-state index contributed by atoms with van der Waals surface area (Å²) in [6.07, 6.45) is 0.668. The van der Waals surface area contributed by atoms with Crippen molar-refractivity contribution in [2.24, 2.45) is 0 Å². The number of carbonyl (C=O) groups is 3. The lowest BCUT2D eigenvalue weighted by molar-refractivity contribution is -0.144. The van der Waals surface area contributed by atoms with Crippen molar-refractivity contribution in [1.82, 2.24) is 4.90 Å². The van der Waals surface area contributed by atoms with Gasteiger partial charge in [-0.15, -0.1) is 0 Å². The van der Waals surface area contributed by atoms with Crippen LogP contribution in [0.1, 0.15) is 30.5 Å². The Balaban J connectivity index is 1.78. The Morgan fingerprint density at radius 3 is 2.71 bits per heavy atom. The Morgan fingerprint density at radius 1 is 1.21 bits per heavy atom. The van der Waals surface area contributed by atoms with Crippen molar-refractivity contribution >= 4 is 29.0 Å². The molecule has 1 fully saturated rings. The first-order chi connectivity index (χ1) is 16.4. The standard InChI is InChI=1S/C26H26N2O6/c1-4-27-19-8-6-5-7-18(19)26(25(27)32)21(23(30)24(31)28(26)11-12-33-3)22(29)16-9-10-20-17(14-16)13-15(2)34-20/h5-10,14-15,29H,4,11-13H2,1-3H3. The molecule has 8 nitrogen and oxygen atoms in total. The zero-order valence-corrected chi connectivity index (χ0v) is 19.3. The number of carbonyl (C=O) groups excluding carboxylic acids is 3. The summed E-state index contributed by atoms with van der Waals surface area (Å²) in [7, 11) is 1.49. The molecule has 8 heteroatoms. The molecule has 1 spiro atoms. The van der Waals surface area contributed by atoms with Crippen LogP contribution < -0.4 is 9.64 Å². The smallest absolute Gasteiger partial charge is 0.296 e. The van der Waals surface area contributed by atoms with Gasteiger partial charge in [-0.05, 0) is 43.7 Å². The van der Waals surface area contributed by atoms with Crippen LogP contribution in [-0.4, -0.2) is 60.5 Å². The van der Waals surface area contributed by atoms with Crippen molar-refractivity contribution in [2.75, 3.05) is 31.7 Å². The normalized spacial score (nSPS) is 24.7. The van der Waals surface area contributed by atoms with Crippen molar-refractivity contribution in [3.8, 4) is 5.75 Å². The molecule has 0 aliphatic carbocycles. The first kappa shape index (κ1) is 22.2. The fraction of sp³-hybridized carbons (Fsp3) is 0.346. The van der Waals surface area contributed by atoms with Crippen LogP contribution >= 0.6 is 0 Å². The Bertz CT molecular complexity index is 1250. The molecule has 2 aromatic rings. The van der Waals surface area contributed by atoms with E-state index in [1.54, 1.807) is 47.4 Å². The number of hydrogen-bond acceptors (Lipinski definition) is 6. The topological polar surface area (TPSA) is 96.4 Å². The van der Waals surface area contributed by atoms with Gasteiger partial charge in [0.2, 0.25) is 0 Å². The molecule has 5 rings (SSSR count). The average molecular weight is 463 g/mol. The van der Waals surface area contributed by atoms with Crippen LogP contribution in [0.5, 0.6) is 5.75 Å². The third kappa shape index (κ3) is 2.84. The minimum atomic E-state index is -1.76. The van der Waals surface area contributed by atoms with E-state index >= 15 is 0 Å². The minimum Gasteiger partial charge on any atom is -0.507 e. The van der Waals surface area contributed by atoms with Gasteiger partial charge in [0.05, 0.1) is 17.9 Å². The maximum Gasteiger partial charge on any atom is 0.296 e. The highest BCUT2D eigenvalue weighted by Crippen LogP contribution is 2.53. The third-order valence-corrected chi connectivity index (χ3v) is 6.81. The summed E-state index contributed by atoms with van der Waals surface area (Å²) >= 11 is 0. The van der Waals surface area contributed by atoms with Crippen LogP contribution in [0.3, 0.4) is 0 Å². The number of fused-ring (bicyclic) bond motifs is 3. The number of aliphatic hydroxyl groups excluding tert-OH is 1.